The van der Waals surface area contributed by atoms with Gasteiger partial charge in [0, 0.05) is 19.2 Å². The average molecular weight is 208 g/mol. The Labute approximate surface area is 89.3 Å². The summed E-state index contributed by atoms with van der Waals surface area (Å²) in [6, 6.07) is 4.54. The van der Waals surface area contributed by atoms with Crippen molar-refractivity contribution in [2.75, 3.05) is 19.3 Å². The van der Waals surface area contributed by atoms with E-state index in [-0.39, 0.29) is 17.3 Å². The molecule has 1 aromatic rings. The van der Waals surface area contributed by atoms with Crippen LogP contribution in [0.3, 0.4) is 0 Å². The first-order chi connectivity index (χ1) is 7.06. The summed E-state index contributed by atoms with van der Waals surface area (Å²) in [6.07, 6.45) is 0.906. The van der Waals surface area contributed by atoms with Gasteiger partial charge in [0.15, 0.2) is 0 Å². The zero-order valence-corrected chi connectivity index (χ0v) is 9.03. The Bertz CT molecular complexity index is 364. The van der Waals surface area contributed by atoms with E-state index in [1.54, 1.807) is 18.0 Å². The first-order valence-electron chi connectivity index (χ1n) is 4.90. The number of phenols is 1. The maximum atomic E-state index is 11.8. The summed E-state index contributed by atoms with van der Waals surface area (Å²) in [5, 5.41) is 9.36. The number of nitrogen functional groups attached to an aromatic ring is 1. The van der Waals surface area contributed by atoms with Crippen LogP contribution in [0.5, 0.6) is 5.75 Å². The number of amides is 1. The zero-order valence-electron chi connectivity index (χ0n) is 9.03. The molecule has 4 heteroatoms. The van der Waals surface area contributed by atoms with Crippen LogP contribution in [0.25, 0.3) is 0 Å². The predicted octanol–water partition coefficient (Wildman–Crippen LogP) is 1.46. The Balaban J connectivity index is 2.87. The van der Waals surface area contributed by atoms with Crippen LogP contribution in [0, 0.1) is 0 Å². The lowest BCUT2D eigenvalue weighted by molar-refractivity contribution is 0.0795. The van der Waals surface area contributed by atoms with Gasteiger partial charge in [0.05, 0.1) is 5.69 Å². The van der Waals surface area contributed by atoms with Crippen LogP contribution >= 0.6 is 0 Å². The molecule has 0 radical (unpaired) electrons. The summed E-state index contributed by atoms with van der Waals surface area (Å²) < 4.78 is 0. The van der Waals surface area contributed by atoms with E-state index in [9.17, 15) is 9.90 Å². The molecule has 0 unspecified atom stereocenters. The number of benzene rings is 1. The molecule has 0 atom stereocenters. The van der Waals surface area contributed by atoms with E-state index in [4.69, 9.17) is 5.73 Å². The molecule has 0 aliphatic carbocycles. The Hall–Kier alpha value is -1.71. The molecular formula is C11H16N2O2. The zero-order chi connectivity index (χ0) is 11.4. The summed E-state index contributed by atoms with van der Waals surface area (Å²) >= 11 is 0. The smallest absolute Gasteiger partial charge is 0.253 e. The lowest BCUT2D eigenvalue weighted by Gasteiger charge is -2.16. The molecule has 0 aliphatic rings. The third-order valence-electron chi connectivity index (χ3n) is 2.18. The highest BCUT2D eigenvalue weighted by Crippen LogP contribution is 2.21. The molecular weight excluding hydrogens is 192 g/mol. The van der Waals surface area contributed by atoms with Crippen LogP contribution in [0.4, 0.5) is 5.69 Å². The first-order valence-corrected chi connectivity index (χ1v) is 4.90. The minimum atomic E-state index is -0.104. The van der Waals surface area contributed by atoms with Gasteiger partial charge >= 0.3 is 0 Å². The molecule has 1 rings (SSSR count). The van der Waals surface area contributed by atoms with Crippen molar-refractivity contribution in [3.63, 3.8) is 0 Å². The number of hydrogen-bond donors (Lipinski definition) is 2. The lowest BCUT2D eigenvalue weighted by atomic mass is 10.1. The fourth-order valence-electron chi connectivity index (χ4n) is 1.33. The van der Waals surface area contributed by atoms with E-state index < -0.39 is 0 Å². The number of rotatable bonds is 3. The van der Waals surface area contributed by atoms with Crippen molar-refractivity contribution in [3.8, 4) is 5.75 Å². The fourth-order valence-corrected chi connectivity index (χ4v) is 1.33. The summed E-state index contributed by atoms with van der Waals surface area (Å²) in [7, 11) is 1.74. The maximum absolute atomic E-state index is 11.8. The van der Waals surface area contributed by atoms with Crippen LogP contribution in [-0.4, -0.2) is 29.5 Å². The molecule has 0 fully saturated rings. The van der Waals surface area contributed by atoms with E-state index in [0.717, 1.165) is 6.42 Å². The van der Waals surface area contributed by atoms with Gasteiger partial charge in [-0.1, -0.05) is 6.92 Å². The summed E-state index contributed by atoms with van der Waals surface area (Å²) in [4.78, 5) is 13.4. The highest BCUT2D eigenvalue weighted by Gasteiger charge is 2.11. The van der Waals surface area contributed by atoms with E-state index >= 15 is 0 Å². The van der Waals surface area contributed by atoms with Gasteiger partial charge in [0.1, 0.15) is 5.75 Å². The van der Waals surface area contributed by atoms with Crippen LogP contribution in [0.15, 0.2) is 18.2 Å². The van der Waals surface area contributed by atoms with Crippen LogP contribution in [0.1, 0.15) is 23.7 Å². The van der Waals surface area contributed by atoms with Crippen LogP contribution in [-0.2, 0) is 0 Å². The Morgan fingerprint density at radius 2 is 2.20 bits per heavy atom. The molecule has 0 aromatic heterocycles. The van der Waals surface area contributed by atoms with E-state index in [0.29, 0.717) is 12.1 Å². The second-order valence-electron chi connectivity index (χ2n) is 3.50. The average Bonchev–Trinajstić information content (AvgIpc) is 2.21. The van der Waals surface area contributed by atoms with Gasteiger partial charge in [-0.05, 0) is 24.6 Å². The van der Waals surface area contributed by atoms with Gasteiger partial charge in [0.25, 0.3) is 5.91 Å². The molecule has 82 valence electrons. The van der Waals surface area contributed by atoms with Gasteiger partial charge in [-0.15, -0.1) is 0 Å². The molecule has 3 N–H and O–H groups in total. The molecule has 0 aliphatic heterocycles. The molecule has 1 aromatic carbocycles. The number of phenolic OH excluding ortho intramolecular Hbond substituents is 1. The van der Waals surface area contributed by atoms with Crippen molar-refractivity contribution in [3.05, 3.63) is 23.8 Å². The normalized spacial score (nSPS) is 10.0. The number of nitrogens with zero attached hydrogens (tertiary/aromatic N) is 1. The largest absolute Gasteiger partial charge is 0.506 e. The minimum absolute atomic E-state index is 0.0502. The van der Waals surface area contributed by atoms with E-state index in [1.807, 2.05) is 6.92 Å². The first kappa shape index (κ1) is 11.4. The summed E-state index contributed by atoms with van der Waals surface area (Å²) in [5.41, 5.74) is 6.19. The number of carbonyl (C=O) groups is 1. The highest BCUT2D eigenvalue weighted by atomic mass is 16.3. The molecule has 0 heterocycles. The standard InChI is InChI=1S/C11H16N2O2/c1-3-6-13(2)11(15)8-4-5-9(12)10(14)7-8/h4-5,7,14H,3,6,12H2,1-2H3. The topological polar surface area (TPSA) is 66.6 Å². The lowest BCUT2D eigenvalue weighted by Crippen LogP contribution is -2.27. The van der Waals surface area contributed by atoms with Crippen molar-refractivity contribution < 1.29 is 9.90 Å². The fraction of sp³-hybridized carbons (Fsp3) is 0.364. The van der Waals surface area contributed by atoms with Crippen molar-refractivity contribution in [1.29, 1.82) is 0 Å². The number of aromatic hydroxyl groups is 1. The van der Waals surface area contributed by atoms with Crippen LogP contribution in [0.2, 0.25) is 0 Å². The number of hydrogen-bond acceptors (Lipinski definition) is 3. The SMILES string of the molecule is CCCN(C)C(=O)c1ccc(N)c(O)c1. The third-order valence-corrected chi connectivity index (χ3v) is 2.18. The predicted molar refractivity (Wildman–Crippen MR) is 59.8 cm³/mol. The third kappa shape index (κ3) is 2.62. The van der Waals surface area contributed by atoms with Crippen molar-refractivity contribution >= 4 is 11.6 Å². The molecule has 0 bridgehead atoms. The van der Waals surface area contributed by atoms with Gasteiger partial charge < -0.3 is 15.7 Å². The molecule has 1 amide bonds. The number of carbonyl (C=O) groups excluding carboxylic acids is 1. The molecule has 0 saturated carbocycles. The van der Waals surface area contributed by atoms with Gasteiger partial charge in [-0.2, -0.15) is 0 Å². The van der Waals surface area contributed by atoms with Crippen molar-refractivity contribution in [2.24, 2.45) is 0 Å². The highest BCUT2D eigenvalue weighted by molar-refractivity contribution is 5.95. The van der Waals surface area contributed by atoms with Gasteiger partial charge in [0.2, 0.25) is 0 Å². The Morgan fingerprint density at radius 3 is 2.73 bits per heavy atom. The second kappa shape index (κ2) is 4.68. The summed E-state index contributed by atoms with van der Waals surface area (Å²) in [5.74, 6) is -0.155. The second-order valence-corrected chi connectivity index (χ2v) is 3.50. The number of nitrogens with two attached hydrogens (primary N) is 1. The minimum Gasteiger partial charge on any atom is -0.506 e. The Kier molecular flexibility index (Phi) is 3.55. The molecule has 0 saturated heterocycles. The molecule has 4 nitrogen and oxygen atoms in total. The quantitative estimate of drug-likeness (QED) is 0.583. The molecule has 0 spiro atoms. The van der Waals surface area contributed by atoms with Gasteiger partial charge in [-0.3, -0.25) is 4.79 Å². The van der Waals surface area contributed by atoms with Crippen LogP contribution < -0.4 is 5.73 Å². The number of anilines is 1. The molecule has 15 heavy (non-hydrogen) atoms. The monoisotopic (exact) mass is 208 g/mol. The van der Waals surface area contributed by atoms with Crippen molar-refractivity contribution in [2.45, 2.75) is 13.3 Å². The van der Waals surface area contributed by atoms with E-state index in [1.165, 1.54) is 12.1 Å². The summed E-state index contributed by atoms with van der Waals surface area (Å²) in [6.45, 7) is 2.70. The Morgan fingerprint density at radius 1 is 1.53 bits per heavy atom. The maximum Gasteiger partial charge on any atom is 0.253 e. The van der Waals surface area contributed by atoms with E-state index in [2.05, 4.69) is 0 Å². The van der Waals surface area contributed by atoms with Gasteiger partial charge in [-0.25, -0.2) is 0 Å². The van der Waals surface area contributed by atoms with Crippen molar-refractivity contribution in [1.82, 2.24) is 4.90 Å².